The van der Waals surface area contributed by atoms with Gasteiger partial charge in [0.15, 0.2) is 0 Å². The van der Waals surface area contributed by atoms with E-state index in [4.69, 9.17) is 9.97 Å². The van der Waals surface area contributed by atoms with Crippen LogP contribution in [0.2, 0.25) is 0 Å². The zero-order valence-corrected chi connectivity index (χ0v) is 33.6. The summed E-state index contributed by atoms with van der Waals surface area (Å²) in [6.45, 7) is 29.7. The van der Waals surface area contributed by atoms with E-state index in [1.807, 2.05) is 30.5 Å². The quantitative estimate of drug-likeness (QED) is 0.189. The SMILES string of the molecule is CC(C)c1cccc(C(C)C)c1-n1c(-c2ccccc2O)nc2c(-c3cc(-c4ccccn4)c(C(C)(C)C)cc3C(C)(C)C)cc(C(C)(C)C)cc21. The molecule has 0 aliphatic carbocycles. The number of imidazole rings is 1. The Morgan fingerprint density at radius 2 is 1.17 bits per heavy atom. The first-order valence-corrected chi connectivity index (χ1v) is 18.9. The molecule has 4 aromatic carbocycles. The van der Waals surface area contributed by atoms with Crippen LogP contribution in [0.15, 0.2) is 91.1 Å². The summed E-state index contributed by atoms with van der Waals surface area (Å²) >= 11 is 0. The van der Waals surface area contributed by atoms with Gasteiger partial charge in [-0.1, -0.05) is 132 Å². The van der Waals surface area contributed by atoms with Gasteiger partial charge in [-0.15, -0.1) is 0 Å². The number of benzene rings is 4. The monoisotopic (exact) mass is 691 g/mol. The van der Waals surface area contributed by atoms with Crippen molar-refractivity contribution in [2.75, 3.05) is 0 Å². The number of rotatable bonds is 6. The lowest BCUT2D eigenvalue weighted by molar-refractivity contribution is 0.477. The zero-order valence-electron chi connectivity index (χ0n) is 33.6. The maximum Gasteiger partial charge on any atom is 0.149 e. The highest BCUT2D eigenvalue weighted by Gasteiger charge is 2.31. The van der Waals surface area contributed by atoms with Crippen molar-refractivity contribution in [2.45, 2.75) is 118 Å². The fourth-order valence-corrected chi connectivity index (χ4v) is 7.45. The van der Waals surface area contributed by atoms with E-state index in [1.165, 1.54) is 27.8 Å². The van der Waals surface area contributed by atoms with Gasteiger partial charge in [0.2, 0.25) is 0 Å². The molecule has 0 bridgehead atoms. The third kappa shape index (κ3) is 6.80. The van der Waals surface area contributed by atoms with E-state index in [9.17, 15) is 5.11 Å². The molecular formula is C48H57N3O. The van der Waals surface area contributed by atoms with Gasteiger partial charge in [0.05, 0.1) is 28.0 Å². The highest BCUT2D eigenvalue weighted by Crippen LogP contribution is 2.47. The number of aromatic nitrogens is 3. The van der Waals surface area contributed by atoms with Crippen molar-refractivity contribution >= 4 is 11.0 Å². The predicted octanol–water partition coefficient (Wildman–Crippen LogP) is 13.3. The Morgan fingerprint density at radius 1 is 0.577 bits per heavy atom. The number of phenols is 1. The van der Waals surface area contributed by atoms with Gasteiger partial charge < -0.3 is 5.11 Å². The van der Waals surface area contributed by atoms with E-state index in [0.717, 1.165) is 44.9 Å². The first-order chi connectivity index (χ1) is 24.3. The van der Waals surface area contributed by atoms with Gasteiger partial charge in [0.25, 0.3) is 0 Å². The van der Waals surface area contributed by atoms with Crippen LogP contribution in [0.4, 0.5) is 0 Å². The van der Waals surface area contributed by atoms with Crippen LogP contribution in [0, 0.1) is 0 Å². The van der Waals surface area contributed by atoms with Crippen molar-refractivity contribution in [2.24, 2.45) is 0 Å². The van der Waals surface area contributed by atoms with Crippen LogP contribution < -0.4 is 0 Å². The molecule has 0 spiro atoms. The molecule has 0 aliphatic heterocycles. The molecule has 4 heteroatoms. The predicted molar refractivity (Wildman–Crippen MR) is 221 cm³/mol. The van der Waals surface area contributed by atoms with Crippen LogP contribution in [0.25, 0.3) is 50.5 Å². The lowest BCUT2D eigenvalue weighted by atomic mass is 9.74. The zero-order chi connectivity index (χ0) is 37.9. The first kappa shape index (κ1) is 37.1. The van der Waals surface area contributed by atoms with Crippen LogP contribution in [-0.2, 0) is 16.2 Å². The molecule has 1 N–H and O–H groups in total. The fourth-order valence-electron chi connectivity index (χ4n) is 7.45. The van der Waals surface area contributed by atoms with Gasteiger partial charge in [0.1, 0.15) is 11.6 Å². The Labute approximate surface area is 312 Å². The van der Waals surface area contributed by atoms with Crippen molar-refractivity contribution in [1.82, 2.24) is 14.5 Å². The normalized spacial score (nSPS) is 12.8. The lowest BCUT2D eigenvalue weighted by Crippen LogP contribution is -2.19. The minimum atomic E-state index is -0.166. The van der Waals surface area contributed by atoms with Crippen LogP contribution in [-0.4, -0.2) is 19.6 Å². The molecule has 6 rings (SSSR count). The van der Waals surface area contributed by atoms with Crippen LogP contribution in [0.1, 0.15) is 130 Å². The maximum absolute atomic E-state index is 11.4. The molecule has 2 heterocycles. The number of hydrogen-bond donors (Lipinski definition) is 1. The van der Waals surface area contributed by atoms with Gasteiger partial charge in [-0.05, 0) is 104 Å². The second-order valence-electron chi connectivity index (χ2n) is 18.2. The van der Waals surface area contributed by atoms with E-state index < -0.39 is 0 Å². The van der Waals surface area contributed by atoms with Crippen molar-refractivity contribution in [3.63, 3.8) is 0 Å². The summed E-state index contributed by atoms with van der Waals surface area (Å²) in [4.78, 5) is 10.5. The van der Waals surface area contributed by atoms with E-state index in [0.29, 0.717) is 5.56 Å². The molecule has 270 valence electrons. The fraction of sp³-hybridized carbons (Fsp3) is 0.375. The summed E-state index contributed by atoms with van der Waals surface area (Å²) in [5.41, 5.74) is 14.0. The molecule has 0 unspecified atom stereocenters. The smallest absolute Gasteiger partial charge is 0.149 e. The molecule has 0 amide bonds. The average molecular weight is 692 g/mol. The van der Waals surface area contributed by atoms with E-state index in [-0.39, 0.29) is 33.8 Å². The Morgan fingerprint density at radius 3 is 1.71 bits per heavy atom. The summed E-state index contributed by atoms with van der Waals surface area (Å²) in [6.07, 6.45) is 1.89. The second kappa shape index (κ2) is 13.4. The molecule has 0 aliphatic rings. The summed E-state index contributed by atoms with van der Waals surface area (Å²) in [7, 11) is 0. The molecule has 0 saturated heterocycles. The number of nitrogens with zero attached hydrogens (tertiary/aromatic N) is 3. The topological polar surface area (TPSA) is 50.9 Å². The summed E-state index contributed by atoms with van der Waals surface area (Å²) in [6, 6.07) is 30.0. The minimum Gasteiger partial charge on any atom is -0.507 e. The third-order valence-electron chi connectivity index (χ3n) is 10.3. The number of pyridine rings is 1. The Balaban J connectivity index is 1.88. The van der Waals surface area contributed by atoms with E-state index >= 15 is 0 Å². The molecule has 4 nitrogen and oxygen atoms in total. The van der Waals surface area contributed by atoms with Gasteiger partial charge in [0, 0.05) is 17.3 Å². The average Bonchev–Trinajstić information content (AvgIpc) is 3.45. The number of aromatic hydroxyl groups is 1. The van der Waals surface area contributed by atoms with Gasteiger partial charge in [-0.25, -0.2) is 4.98 Å². The molecule has 0 saturated carbocycles. The first-order valence-electron chi connectivity index (χ1n) is 18.9. The molecule has 0 atom stereocenters. The van der Waals surface area contributed by atoms with Crippen LogP contribution in [0.5, 0.6) is 5.75 Å². The molecule has 52 heavy (non-hydrogen) atoms. The third-order valence-corrected chi connectivity index (χ3v) is 10.3. The summed E-state index contributed by atoms with van der Waals surface area (Å²) in [5, 5.41) is 11.4. The van der Waals surface area contributed by atoms with Crippen molar-refractivity contribution < 1.29 is 5.11 Å². The van der Waals surface area contributed by atoms with Gasteiger partial charge in [-0.2, -0.15) is 0 Å². The molecule has 0 radical (unpaired) electrons. The van der Waals surface area contributed by atoms with Crippen molar-refractivity contribution in [3.8, 4) is 45.2 Å². The number of para-hydroxylation sites is 2. The molecular weight excluding hydrogens is 635 g/mol. The van der Waals surface area contributed by atoms with Crippen molar-refractivity contribution in [1.29, 1.82) is 0 Å². The maximum atomic E-state index is 11.4. The highest BCUT2D eigenvalue weighted by atomic mass is 16.3. The number of phenolic OH excluding ortho intramolecular Hbond substituents is 1. The largest absolute Gasteiger partial charge is 0.507 e. The molecule has 2 aromatic heterocycles. The Hall–Kier alpha value is -4.70. The lowest BCUT2D eigenvalue weighted by Gasteiger charge is -2.31. The van der Waals surface area contributed by atoms with Crippen LogP contribution >= 0.6 is 0 Å². The summed E-state index contributed by atoms with van der Waals surface area (Å²) in [5.74, 6) is 1.50. The number of hydrogen-bond acceptors (Lipinski definition) is 3. The highest BCUT2D eigenvalue weighted by molar-refractivity contribution is 5.99. The van der Waals surface area contributed by atoms with Gasteiger partial charge >= 0.3 is 0 Å². The minimum absolute atomic E-state index is 0.110. The van der Waals surface area contributed by atoms with Crippen LogP contribution in [0.3, 0.4) is 0 Å². The van der Waals surface area contributed by atoms with Gasteiger partial charge in [-0.3, -0.25) is 9.55 Å². The molecule has 6 aromatic rings. The number of fused-ring (bicyclic) bond motifs is 1. The summed E-state index contributed by atoms with van der Waals surface area (Å²) < 4.78 is 2.35. The molecule has 0 fully saturated rings. The second-order valence-corrected chi connectivity index (χ2v) is 18.2. The standard InChI is InChI=1S/C48H57N3O/c1-29(2)32-20-18-21-33(30(3)4)44(32)51-41-26-31(46(5,6)7)25-36(43(41)50-45(51)34-19-14-15-23-42(34)52)35-27-37(40-22-16-17-24-49-40)39(48(11,12)13)28-38(35)47(8,9)10/h14-30,52H,1-13H3. The van der Waals surface area contributed by atoms with Crippen molar-refractivity contribution in [3.05, 3.63) is 119 Å². The van der Waals surface area contributed by atoms with E-state index in [1.54, 1.807) is 6.07 Å². The Kier molecular flexibility index (Phi) is 9.53. The van der Waals surface area contributed by atoms with E-state index in [2.05, 4.69) is 149 Å². The Bertz CT molecular complexity index is 2220.